The van der Waals surface area contributed by atoms with E-state index in [2.05, 4.69) is 4.72 Å². The minimum Gasteiger partial charge on any atom is -0.425 e. The van der Waals surface area contributed by atoms with Gasteiger partial charge < -0.3 is 4.74 Å². The molecule has 2 aromatic rings. The van der Waals surface area contributed by atoms with Crippen molar-refractivity contribution in [3.63, 3.8) is 0 Å². The fourth-order valence-electron chi connectivity index (χ4n) is 2.24. The minimum absolute atomic E-state index is 0.00355. The van der Waals surface area contributed by atoms with E-state index < -0.39 is 22.0 Å². The molecule has 2 aromatic carbocycles. The number of halogens is 1. The van der Waals surface area contributed by atoms with E-state index in [0.717, 1.165) is 0 Å². The number of Topliss-reactive ketones (excluding diaryl/α,β-unsaturated/α-hetero) is 1. The van der Waals surface area contributed by atoms with E-state index in [4.69, 9.17) is 16.3 Å². The highest BCUT2D eigenvalue weighted by Crippen LogP contribution is 2.18. The number of nitrogens with one attached hydrogen (secondary N) is 1. The number of esters is 1. The molecule has 0 aliphatic heterocycles. The lowest BCUT2D eigenvalue weighted by atomic mass is 10.1. The van der Waals surface area contributed by atoms with Crippen LogP contribution in [0.15, 0.2) is 53.4 Å². The quantitative estimate of drug-likeness (QED) is 0.429. The summed E-state index contributed by atoms with van der Waals surface area (Å²) in [5, 5.41) is 0.405. The molecule has 0 saturated heterocycles. The van der Waals surface area contributed by atoms with Crippen LogP contribution < -0.4 is 9.46 Å². The third-order valence-electron chi connectivity index (χ3n) is 3.81. The molecular weight excluding hydrogens is 390 g/mol. The molecule has 0 fully saturated rings. The van der Waals surface area contributed by atoms with Crippen molar-refractivity contribution in [1.29, 1.82) is 0 Å². The molecule has 0 heterocycles. The van der Waals surface area contributed by atoms with Gasteiger partial charge in [-0.2, -0.15) is 4.72 Å². The number of benzene rings is 2. The van der Waals surface area contributed by atoms with Crippen LogP contribution in [0.4, 0.5) is 0 Å². The molecule has 0 bridgehead atoms. The fraction of sp³-hybridized carbons (Fsp3) is 0.263. The smallest absolute Gasteiger partial charge is 0.329 e. The van der Waals surface area contributed by atoms with Gasteiger partial charge in [0.1, 0.15) is 11.8 Å². The van der Waals surface area contributed by atoms with E-state index >= 15 is 0 Å². The molecule has 8 heteroatoms. The van der Waals surface area contributed by atoms with Crippen molar-refractivity contribution in [2.75, 3.05) is 0 Å². The zero-order chi connectivity index (χ0) is 20.2. The van der Waals surface area contributed by atoms with Crippen LogP contribution in [0.3, 0.4) is 0 Å². The Morgan fingerprint density at radius 3 is 2.04 bits per heavy atom. The molecular formula is C19H20ClNO5S. The van der Waals surface area contributed by atoms with Gasteiger partial charge in [0, 0.05) is 10.6 Å². The second-order valence-electron chi connectivity index (χ2n) is 6.30. The first-order valence-electron chi connectivity index (χ1n) is 8.21. The van der Waals surface area contributed by atoms with Crippen LogP contribution in [-0.4, -0.2) is 26.2 Å². The van der Waals surface area contributed by atoms with Crippen molar-refractivity contribution in [1.82, 2.24) is 4.72 Å². The first-order chi connectivity index (χ1) is 12.6. The predicted molar refractivity (Wildman–Crippen MR) is 102 cm³/mol. The first kappa shape index (κ1) is 21.1. The third kappa shape index (κ3) is 5.63. The number of sulfonamides is 1. The number of hydrogen-bond donors (Lipinski definition) is 1. The largest absolute Gasteiger partial charge is 0.425 e. The number of carbonyl (C=O) groups excluding carboxylic acids is 2. The summed E-state index contributed by atoms with van der Waals surface area (Å²) in [5.74, 6) is -0.973. The van der Waals surface area contributed by atoms with Crippen molar-refractivity contribution in [2.45, 2.75) is 31.7 Å². The van der Waals surface area contributed by atoms with Crippen molar-refractivity contribution in [3.05, 3.63) is 59.1 Å². The Bertz CT molecular complexity index is 922. The molecule has 6 nitrogen and oxygen atoms in total. The Labute approximate surface area is 163 Å². The van der Waals surface area contributed by atoms with Gasteiger partial charge in [0.05, 0.1) is 4.90 Å². The maximum Gasteiger partial charge on any atom is 0.329 e. The summed E-state index contributed by atoms with van der Waals surface area (Å²) >= 11 is 5.78. The Hall–Kier alpha value is -2.22. The second kappa shape index (κ2) is 8.65. The normalized spacial score (nSPS) is 12.6. The van der Waals surface area contributed by atoms with Gasteiger partial charge in [-0.3, -0.25) is 4.79 Å². The maximum absolute atomic E-state index is 12.5. The van der Waals surface area contributed by atoms with Gasteiger partial charge in [-0.15, -0.1) is 0 Å². The fourth-order valence-corrected chi connectivity index (χ4v) is 3.70. The summed E-state index contributed by atoms with van der Waals surface area (Å²) in [7, 11) is -3.93. The SMILES string of the molecule is CC(=O)c1ccc(OC(=O)[C@@H](NS(=O)(=O)c2ccc(Cl)cc2)C(C)C)cc1. The van der Waals surface area contributed by atoms with Crippen LogP contribution in [0.1, 0.15) is 31.1 Å². The highest BCUT2D eigenvalue weighted by atomic mass is 35.5. The molecule has 0 radical (unpaired) electrons. The Balaban J connectivity index is 2.17. The Kier molecular flexibility index (Phi) is 6.75. The number of carbonyl (C=O) groups is 2. The average Bonchev–Trinajstić information content (AvgIpc) is 2.60. The highest BCUT2D eigenvalue weighted by Gasteiger charge is 2.30. The standard InChI is InChI=1S/C19H20ClNO5S/c1-12(2)18(21-27(24,25)17-10-6-15(20)7-11-17)19(23)26-16-8-4-14(5-9-16)13(3)22/h4-12,18,21H,1-3H3/t18-/m0/s1. The summed E-state index contributed by atoms with van der Waals surface area (Å²) in [6.07, 6.45) is 0. The monoisotopic (exact) mass is 409 g/mol. The number of rotatable bonds is 7. The van der Waals surface area contributed by atoms with Gasteiger partial charge in [-0.05, 0) is 61.4 Å². The van der Waals surface area contributed by atoms with Crippen molar-refractivity contribution in [3.8, 4) is 5.75 Å². The van der Waals surface area contributed by atoms with E-state index in [0.29, 0.717) is 10.6 Å². The van der Waals surface area contributed by atoms with Gasteiger partial charge in [-0.1, -0.05) is 25.4 Å². The molecule has 0 amide bonds. The molecule has 0 aliphatic rings. The highest BCUT2D eigenvalue weighted by molar-refractivity contribution is 7.89. The zero-order valence-electron chi connectivity index (χ0n) is 15.1. The minimum atomic E-state index is -3.93. The molecule has 0 aliphatic carbocycles. The maximum atomic E-state index is 12.5. The topological polar surface area (TPSA) is 89.5 Å². The Morgan fingerprint density at radius 1 is 1.00 bits per heavy atom. The molecule has 2 rings (SSSR count). The van der Waals surface area contributed by atoms with Crippen molar-refractivity contribution >= 4 is 33.4 Å². The van der Waals surface area contributed by atoms with Crippen LogP contribution in [0, 0.1) is 5.92 Å². The van der Waals surface area contributed by atoms with Gasteiger partial charge in [0.25, 0.3) is 0 Å². The lowest BCUT2D eigenvalue weighted by Crippen LogP contribution is -2.46. The number of hydrogen-bond acceptors (Lipinski definition) is 5. The first-order valence-corrected chi connectivity index (χ1v) is 10.1. The molecule has 0 unspecified atom stereocenters. The van der Waals surface area contributed by atoms with E-state index in [1.54, 1.807) is 13.8 Å². The van der Waals surface area contributed by atoms with Gasteiger partial charge in [-0.25, -0.2) is 13.2 Å². The average molecular weight is 410 g/mol. The summed E-state index contributed by atoms with van der Waals surface area (Å²) in [6.45, 7) is 4.84. The van der Waals surface area contributed by atoms with Crippen molar-refractivity contribution < 1.29 is 22.7 Å². The summed E-state index contributed by atoms with van der Waals surface area (Å²) < 4.78 is 32.7. The molecule has 1 N–H and O–H groups in total. The molecule has 0 saturated carbocycles. The summed E-state index contributed by atoms with van der Waals surface area (Å²) in [4.78, 5) is 23.8. The molecule has 27 heavy (non-hydrogen) atoms. The predicted octanol–water partition coefficient (Wildman–Crippen LogP) is 3.45. The van der Waals surface area contributed by atoms with Crippen LogP contribution in [0.5, 0.6) is 5.75 Å². The number of ether oxygens (including phenoxy) is 1. The van der Waals surface area contributed by atoms with Crippen LogP contribution in [0.25, 0.3) is 0 Å². The molecule has 1 atom stereocenters. The van der Waals surface area contributed by atoms with E-state index in [-0.39, 0.29) is 22.3 Å². The lowest BCUT2D eigenvalue weighted by Gasteiger charge is -2.20. The van der Waals surface area contributed by atoms with Gasteiger partial charge >= 0.3 is 5.97 Å². The summed E-state index contributed by atoms with van der Waals surface area (Å²) in [6, 6.07) is 10.6. The van der Waals surface area contributed by atoms with Crippen LogP contribution >= 0.6 is 11.6 Å². The molecule has 0 aromatic heterocycles. The van der Waals surface area contributed by atoms with E-state index in [1.165, 1.54) is 55.5 Å². The van der Waals surface area contributed by atoms with Crippen LogP contribution in [0.2, 0.25) is 5.02 Å². The molecule has 144 valence electrons. The Morgan fingerprint density at radius 2 is 1.56 bits per heavy atom. The second-order valence-corrected chi connectivity index (χ2v) is 8.45. The van der Waals surface area contributed by atoms with E-state index in [1.807, 2.05) is 0 Å². The van der Waals surface area contributed by atoms with Crippen molar-refractivity contribution in [2.24, 2.45) is 5.92 Å². The molecule has 0 spiro atoms. The van der Waals surface area contributed by atoms with E-state index in [9.17, 15) is 18.0 Å². The van der Waals surface area contributed by atoms with Gasteiger partial charge in [0.2, 0.25) is 10.0 Å². The van der Waals surface area contributed by atoms with Crippen LogP contribution in [-0.2, 0) is 14.8 Å². The lowest BCUT2D eigenvalue weighted by molar-refractivity contribution is -0.137. The summed E-state index contributed by atoms with van der Waals surface area (Å²) in [5.41, 5.74) is 0.485. The zero-order valence-corrected chi connectivity index (χ0v) is 16.7. The number of ketones is 1. The third-order valence-corrected chi connectivity index (χ3v) is 5.51. The van der Waals surface area contributed by atoms with Gasteiger partial charge in [0.15, 0.2) is 5.78 Å².